The summed E-state index contributed by atoms with van der Waals surface area (Å²) in [6.07, 6.45) is 0. The lowest BCUT2D eigenvalue weighted by molar-refractivity contribution is -0.141. The highest BCUT2D eigenvalue weighted by molar-refractivity contribution is 6.35. The summed E-state index contributed by atoms with van der Waals surface area (Å²) < 4.78 is 18.7. The molecule has 1 unspecified atom stereocenters. The second-order valence-electron chi connectivity index (χ2n) is 3.86. The van der Waals surface area contributed by atoms with Gasteiger partial charge in [0.25, 0.3) is 0 Å². The van der Waals surface area contributed by atoms with Gasteiger partial charge in [0.15, 0.2) is 11.6 Å². The Morgan fingerprint density at radius 3 is 2.78 bits per heavy atom. The second kappa shape index (κ2) is 5.03. The van der Waals surface area contributed by atoms with Crippen molar-refractivity contribution in [1.82, 2.24) is 10.6 Å². The molecule has 18 heavy (non-hydrogen) atoms. The number of amides is 2. The summed E-state index contributed by atoms with van der Waals surface area (Å²) in [6, 6.07) is 4.06. The molecule has 0 aliphatic carbocycles. The van der Waals surface area contributed by atoms with Crippen LogP contribution in [0.2, 0.25) is 0 Å². The van der Waals surface area contributed by atoms with Crippen LogP contribution in [0.1, 0.15) is 18.5 Å². The Bertz CT molecular complexity index is 490. The van der Waals surface area contributed by atoms with Gasteiger partial charge in [-0.3, -0.25) is 9.59 Å². The van der Waals surface area contributed by atoms with Crippen molar-refractivity contribution in [3.05, 3.63) is 29.6 Å². The van der Waals surface area contributed by atoms with Gasteiger partial charge < -0.3 is 15.4 Å². The fourth-order valence-corrected chi connectivity index (χ4v) is 1.76. The van der Waals surface area contributed by atoms with Crippen molar-refractivity contribution in [1.29, 1.82) is 0 Å². The van der Waals surface area contributed by atoms with Crippen LogP contribution in [0.4, 0.5) is 4.39 Å². The summed E-state index contributed by atoms with van der Waals surface area (Å²) in [5, 5.41) is 4.94. The van der Waals surface area contributed by atoms with E-state index in [0.717, 1.165) is 0 Å². The summed E-state index contributed by atoms with van der Waals surface area (Å²) in [6.45, 7) is 2.40. The molecular weight excluding hydrogens is 239 g/mol. The standard InChI is InChI=1S/C12H13FN2O3/c1-2-18-10-4-3-7(5-8(10)13)9-6-14-11(16)12(17)15-9/h3-5,9H,2,6H2,1H3,(H,14,16)(H,15,17). The minimum absolute atomic E-state index is 0.174. The van der Waals surface area contributed by atoms with Crippen LogP contribution in [0.25, 0.3) is 0 Å². The van der Waals surface area contributed by atoms with Gasteiger partial charge in [-0.25, -0.2) is 4.39 Å². The van der Waals surface area contributed by atoms with E-state index < -0.39 is 23.7 Å². The fraction of sp³-hybridized carbons (Fsp3) is 0.333. The molecule has 6 heteroatoms. The van der Waals surface area contributed by atoms with Gasteiger partial charge in [0.1, 0.15) is 0 Å². The largest absolute Gasteiger partial charge is 0.491 e. The van der Waals surface area contributed by atoms with Crippen molar-refractivity contribution in [2.75, 3.05) is 13.2 Å². The monoisotopic (exact) mass is 252 g/mol. The number of carbonyl (C=O) groups is 2. The Morgan fingerprint density at radius 2 is 2.17 bits per heavy atom. The lowest BCUT2D eigenvalue weighted by Gasteiger charge is -2.24. The van der Waals surface area contributed by atoms with Gasteiger partial charge in [-0.05, 0) is 24.6 Å². The number of hydrogen-bond acceptors (Lipinski definition) is 3. The van der Waals surface area contributed by atoms with Crippen LogP contribution in [0.15, 0.2) is 18.2 Å². The zero-order valence-electron chi connectivity index (χ0n) is 9.83. The summed E-state index contributed by atoms with van der Waals surface area (Å²) in [7, 11) is 0. The normalized spacial score (nSPS) is 19.1. The van der Waals surface area contributed by atoms with Crippen LogP contribution in [0, 0.1) is 5.82 Å². The number of piperazine rings is 1. The summed E-state index contributed by atoms with van der Waals surface area (Å²) in [4.78, 5) is 22.2. The molecule has 0 radical (unpaired) electrons. The maximum absolute atomic E-state index is 13.6. The molecule has 0 spiro atoms. The highest BCUT2D eigenvalue weighted by Gasteiger charge is 2.26. The van der Waals surface area contributed by atoms with Gasteiger partial charge in [0.2, 0.25) is 0 Å². The average Bonchev–Trinajstić information content (AvgIpc) is 2.35. The number of benzene rings is 1. The molecule has 1 aliphatic rings. The Hall–Kier alpha value is -2.11. The highest BCUT2D eigenvalue weighted by atomic mass is 19.1. The predicted octanol–water partition coefficient (Wildman–Crippen LogP) is 0.511. The molecular formula is C12H13FN2O3. The fourth-order valence-electron chi connectivity index (χ4n) is 1.76. The van der Waals surface area contributed by atoms with Crippen molar-refractivity contribution in [2.45, 2.75) is 13.0 Å². The van der Waals surface area contributed by atoms with Gasteiger partial charge in [-0.2, -0.15) is 0 Å². The number of halogens is 1. The molecule has 1 atom stereocenters. The van der Waals surface area contributed by atoms with E-state index in [1.54, 1.807) is 13.0 Å². The molecule has 0 bridgehead atoms. The van der Waals surface area contributed by atoms with Crippen LogP contribution in [-0.2, 0) is 9.59 Å². The van der Waals surface area contributed by atoms with Gasteiger partial charge in [0, 0.05) is 6.54 Å². The molecule has 1 fully saturated rings. The van der Waals surface area contributed by atoms with Crippen LogP contribution in [0.5, 0.6) is 5.75 Å². The number of carbonyl (C=O) groups excluding carboxylic acids is 2. The van der Waals surface area contributed by atoms with Gasteiger partial charge in [0.05, 0.1) is 12.6 Å². The molecule has 2 rings (SSSR count). The summed E-state index contributed by atoms with van der Waals surface area (Å²) in [5.74, 6) is -1.69. The molecule has 1 aromatic carbocycles. The number of ether oxygens (including phenoxy) is 1. The summed E-state index contributed by atoms with van der Waals surface area (Å²) >= 11 is 0. The Labute approximate surface area is 103 Å². The van der Waals surface area contributed by atoms with E-state index in [1.807, 2.05) is 0 Å². The molecule has 2 N–H and O–H groups in total. The lowest BCUT2D eigenvalue weighted by atomic mass is 10.0. The van der Waals surface area contributed by atoms with E-state index in [9.17, 15) is 14.0 Å². The molecule has 1 aliphatic heterocycles. The first-order valence-electron chi connectivity index (χ1n) is 5.62. The van der Waals surface area contributed by atoms with E-state index >= 15 is 0 Å². The maximum atomic E-state index is 13.6. The van der Waals surface area contributed by atoms with Crippen LogP contribution in [-0.4, -0.2) is 25.0 Å². The van der Waals surface area contributed by atoms with Crippen molar-refractivity contribution >= 4 is 11.8 Å². The predicted molar refractivity (Wildman–Crippen MR) is 61.5 cm³/mol. The topological polar surface area (TPSA) is 67.4 Å². The first-order chi connectivity index (χ1) is 8.61. The van der Waals surface area contributed by atoms with E-state index in [2.05, 4.69) is 10.6 Å². The summed E-state index contributed by atoms with van der Waals surface area (Å²) in [5.41, 5.74) is 0.587. The van der Waals surface area contributed by atoms with E-state index in [-0.39, 0.29) is 12.3 Å². The zero-order chi connectivity index (χ0) is 13.1. The molecule has 96 valence electrons. The lowest BCUT2D eigenvalue weighted by Crippen LogP contribution is -2.51. The first kappa shape index (κ1) is 12.3. The highest BCUT2D eigenvalue weighted by Crippen LogP contribution is 2.22. The quantitative estimate of drug-likeness (QED) is 0.770. The molecule has 1 saturated heterocycles. The number of nitrogens with one attached hydrogen (secondary N) is 2. The van der Waals surface area contributed by atoms with E-state index in [4.69, 9.17) is 4.74 Å². The van der Waals surface area contributed by atoms with Crippen molar-refractivity contribution in [3.8, 4) is 5.75 Å². The maximum Gasteiger partial charge on any atom is 0.309 e. The van der Waals surface area contributed by atoms with Gasteiger partial charge in [-0.1, -0.05) is 6.07 Å². The van der Waals surface area contributed by atoms with Crippen molar-refractivity contribution in [3.63, 3.8) is 0 Å². The third-order valence-electron chi connectivity index (χ3n) is 2.64. The Kier molecular flexibility index (Phi) is 3.45. The Balaban J connectivity index is 2.17. The Morgan fingerprint density at radius 1 is 1.39 bits per heavy atom. The minimum Gasteiger partial charge on any atom is -0.491 e. The van der Waals surface area contributed by atoms with Crippen molar-refractivity contribution < 1.29 is 18.7 Å². The average molecular weight is 252 g/mol. The van der Waals surface area contributed by atoms with Crippen molar-refractivity contribution in [2.24, 2.45) is 0 Å². The SMILES string of the molecule is CCOc1ccc(C2CNC(=O)C(=O)N2)cc1F. The van der Waals surface area contributed by atoms with Gasteiger partial charge in [-0.15, -0.1) is 0 Å². The molecule has 0 aromatic heterocycles. The van der Waals surface area contributed by atoms with E-state index in [1.165, 1.54) is 12.1 Å². The smallest absolute Gasteiger partial charge is 0.309 e. The molecule has 0 saturated carbocycles. The zero-order valence-corrected chi connectivity index (χ0v) is 9.83. The van der Waals surface area contributed by atoms with Crippen LogP contribution >= 0.6 is 0 Å². The van der Waals surface area contributed by atoms with Crippen LogP contribution in [0.3, 0.4) is 0 Å². The van der Waals surface area contributed by atoms with Gasteiger partial charge >= 0.3 is 11.8 Å². The number of hydrogen-bond donors (Lipinski definition) is 2. The second-order valence-corrected chi connectivity index (χ2v) is 3.86. The third kappa shape index (κ3) is 2.42. The molecule has 2 amide bonds. The first-order valence-corrected chi connectivity index (χ1v) is 5.62. The van der Waals surface area contributed by atoms with Crippen LogP contribution < -0.4 is 15.4 Å². The molecule has 1 heterocycles. The molecule has 5 nitrogen and oxygen atoms in total. The minimum atomic E-state index is -0.708. The van der Waals surface area contributed by atoms with E-state index in [0.29, 0.717) is 12.2 Å². The number of rotatable bonds is 3. The molecule has 1 aromatic rings. The third-order valence-corrected chi connectivity index (χ3v) is 2.64.